The summed E-state index contributed by atoms with van der Waals surface area (Å²) < 4.78 is 10.5. The maximum absolute atomic E-state index is 13.2. The summed E-state index contributed by atoms with van der Waals surface area (Å²) in [6, 6.07) is 19.3. The van der Waals surface area contributed by atoms with Crippen LogP contribution in [0.25, 0.3) is 33.3 Å². The molecule has 0 saturated heterocycles. The van der Waals surface area contributed by atoms with Crippen LogP contribution in [0.2, 0.25) is 0 Å². The van der Waals surface area contributed by atoms with E-state index in [9.17, 15) is 9.59 Å². The second-order valence-corrected chi connectivity index (χ2v) is 6.83. The Morgan fingerprint density at radius 3 is 2.67 bits per heavy atom. The molecule has 0 spiro atoms. The first-order valence-electron chi connectivity index (χ1n) is 9.26. The van der Waals surface area contributed by atoms with Gasteiger partial charge in [0, 0.05) is 22.7 Å². The number of fused-ring (bicyclic) bond motifs is 2. The number of anilines is 1. The number of carbonyl (C=O) groups is 1. The third kappa shape index (κ3) is 3.12. The zero-order valence-corrected chi connectivity index (χ0v) is 15.9. The van der Waals surface area contributed by atoms with Crippen molar-refractivity contribution in [2.75, 3.05) is 5.32 Å². The van der Waals surface area contributed by atoms with E-state index in [1.807, 2.05) is 30.3 Å². The van der Waals surface area contributed by atoms with Crippen molar-refractivity contribution in [3.8, 4) is 11.3 Å². The lowest BCUT2D eigenvalue weighted by Gasteiger charge is -2.09. The molecule has 1 N–H and O–H groups in total. The molecule has 0 bridgehead atoms. The molecule has 0 radical (unpaired) electrons. The normalized spacial score (nSPS) is 11.1. The van der Waals surface area contributed by atoms with Crippen molar-refractivity contribution in [1.29, 1.82) is 0 Å². The van der Waals surface area contributed by atoms with Crippen molar-refractivity contribution in [3.05, 3.63) is 88.4 Å². The molecule has 7 heteroatoms. The molecule has 5 rings (SSSR count). The Bertz CT molecular complexity index is 1470. The Kier molecular flexibility index (Phi) is 4.14. The van der Waals surface area contributed by atoms with E-state index in [4.69, 9.17) is 8.94 Å². The van der Waals surface area contributed by atoms with E-state index in [1.54, 1.807) is 37.3 Å². The number of carbonyl (C=O) groups excluding carboxylic acids is 1. The van der Waals surface area contributed by atoms with Gasteiger partial charge in [-0.15, -0.1) is 0 Å². The van der Waals surface area contributed by atoms with Crippen molar-refractivity contribution in [3.63, 3.8) is 0 Å². The lowest BCUT2D eigenvalue weighted by atomic mass is 10.0. The third-order valence-corrected chi connectivity index (χ3v) is 4.81. The Morgan fingerprint density at radius 2 is 1.83 bits per heavy atom. The first-order valence-corrected chi connectivity index (χ1v) is 9.26. The van der Waals surface area contributed by atoms with Gasteiger partial charge in [0.05, 0.1) is 22.3 Å². The molecule has 1 amide bonds. The minimum absolute atomic E-state index is 0.305. The average Bonchev–Trinajstić information content (AvgIpc) is 3.14. The lowest BCUT2D eigenvalue weighted by Crippen LogP contribution is -2.13. The van der Waals surface area contributed by atoms with Gasteiger partial charge in [-0.2, -0.15) is 0 Å². The second kappa shape index (κ2) is 6.97. The predicted molar refractivity (Wildman–Crippen MR) is 112 cm³/mol. The zero-order chi connectivity index (χ0) is 20.7. The van der Waals surface area contributed by atoms with E-state index in [0.29, 0.717) is 44.7 Å². The predicted octanol–water partition coefficient (Wildman–Crippen LogP) is 4.56. The first kappa shape index (κ1) is 17.8. The van der Waals surface area contributed by atoms with Crippen molar-refractivity contribution < 1.29 is 13.7 Å². The molecule has 2 aromatic carbocycles. The topological polar surface area (TPSA) is 98.2 Å². The smallest absolute Gasteiger partial charge is 0.336 e. The fourth-order valence-corrected chi connectivity index (χ4v) is 3.38. The van der Waals surface area contributed by atoms with Gasteiger partial charge in [-0.25, -0.2) is 9.78 Å². The van der Waals surface area contributed by atoms with Crippen LogP contribution >= 0.6 is 0 Å². The highest BCUT2D eigenvalue weighted by molar-refractivity contribution is 6.13. The minimum Gasteiger partial charge on any atom is -0.423 e. The number of benzene rings is 2. The number of nitrogens with zero attached hydrogens (tertiary/aromatic N) is 2. The number of aromatic nitrogens is 2. The van der Waals surface area contributed by atoms with Gasteiger partial charge in [0.1, 0.15) is 5.58 Å². The van der Waals surface area contributed by atoms with Gasteiger partial charge in [-0.3, -0.25) is 4.79 Å². The summed E-state index contributed by atoms with van der Waals surface area (Å²) in [4.78, 5) is 29.0. The molecule has 0 aliphatic rings. The number of hydrogen-bond donors (Lipinski definition) is 1. The molecule has 0 saturated carbocycles. The number of hydrogen-bond acceptors (Lipinski definition) is 6. The van der Waals surface area contributed by atoms with Crippen molar-refractivity contribution in [2.24, 2.45) is 0 Å². The quantitative estimate of drug-likeness (QED) is 0.448. The van der Waals surface area contributed by atoms with Crippen LogP contribution in [0, 0.1) is 6.92 Å². The molecule has 0 atom stereocenters. The van der Waals surface area contributed by atoms with Gasteiger partial charge in [-0.05, 0) is 37.3 Å². The highest BCUT2D eigenvalue weighted by Gasteiger charge is 2.19. The number of pyridine rings is 1. The number of rotatable bonds is 3. The van der Waals surface area contributed by atoms with Gasteiger partial charge in [0.15, 0.2) is 0 Å². The van der Waals surface area contributed by atoms with Crippen LogP contribution in [0.4, 0.5) is 5.69 Å². The fourth-order valence-electron chi connectivity index (χ4n) is 3.38. The number of aryl methyl sites for hydroxylation is 1. The number of nitrogens with one attached hydrogen (secondary N) is 1. The Morgan fingerprint density at radius 1 is 1.00 bits per heavy atom. The SMILES string of the molecule is Cc1noc2nc(-c3ccccc3)cc(C(=O)Nc3ccc4oc(=O)ccc4c3)c12. The Labute approximate surface area is 170 Å². The van der Waals surface area contributed by atoms with Gasteiger partial charge in [0.25, 0.3) is 11.6 Å². The van der Waals surface area contributed by atoms with E-state index in [2.05, 4.69) is 15.5 Å². The van der Waals surface area contributed by atoms with Crippen LogP contribution in [0.15, 0.2) is 80.5 Å². The van der Waals surface area contributed by atoms with Crippen LogP contribution in [-0.2, 0) is 0 Å². The van der Waals surface area contributed by atoms with E-state index >= 15 is 0 Å². The molecule has 0 unspecified atom stereocenters. The fraction of sp³-hybridized carbons (Fsp3) is 0.0435. The summed E-state index contributed by atoms with van der Waals surface area (Å²) in [5.74, 6) is -0.317. The molecular formula is C23H15N3O4. The van der Waals surface area contributed by atoms with Crippen LogP contribution in [0.5, 0.6) is 0 Å². The maximum atomic E-state index is 13.2. The van der Waals surface area contributed by atoms with Crippen molar-refractivity contribution in [1.82, 2.24) is 10.1 Å². The van der Waals surface area contributed by atoms with E-state index < -0.39 is 5.63 Å². The molecular weight excluding hydrogens is 382 g/mol. The highest BCUT2D eigenvalue weighted by Crippen LogP contribution is 2.28. The third-order valence-electron chi connectivity index (χ3n) is 4.81. The Balaban J connectivity index is 1.58. The highest BCUT2D eigenvalue weighted by atomic mass is 16.5. The zero-order valence-electron chi connectivity index (χ0n) is 15.9. The van der Waals surface area contributed by atoms with E-state index in [-0.39, 0.29) is 5.91 Å². The molecule has 3 aromatic heterocycles. The summed E-state index contributed by atoms with van der Waals surface area (Å²) in [5, 5.41) is 8.14. The van der Waals surface area contributed by atoms with Crippen LogP contribution in [0.1, 0.15) is 16.1 Å². The summed E-state index contributed by atoms with van der Waals surface area (Å²) in [6.07, 6.45) is 0. The van der Waals surface area contributed by atoms with Crippen LogP contribution in [-0.4, -0.2) is 16.0 Å². The summed E-state index contributed by atoms with van der Waals surface area (Å²) in [5.41, 5.74) is 3.39. The standard InChI is InChI=1S/C23H15N3O4/c1-13-21-17(12-18(25-23(21)30-26-13)14-5-3-2-4-6-14)22(28)24-16-8-9-19-15(11-16)7-10-20(27)29-19/h2-12H,1H3,(H,24,28). The molecule has 0 fully saturated rings. The van der Waals surface area contributed by atoms with Crippen molar-refractivity contribution in [2.45, 2.75) is 6.92 Å². The first-order chi connectivity index (χ1) is 14.6. The monoisotopic (exact) mass is 397 g/mol. The van der Waals surface area contributed by atoms with Gasteiger partial charge >= 0.3 is 5.63 Å². The van der Waals surface area contributed by atoms with E-state index in [1.165, 1.54) is 6.07 Å². The molecule has 3 heterocycles. The van der Waals surface area contributed by atoms with Crippen molar-refractivity contribution >= 4 is 33.7 Å². The van der Waals surface area contributed by atoms with E-state index in [0.717, 1.165) is 5.56 Å². The Hall–Kier alpha value is -4.26. The largest absolute Gasteiger partial charge is 0.423 e. The summed E-state index contributed by atoms with van der Waals surface area (Å²) in [6.45, 7) is 1.77. The molecule has 5 aromatic rings. The maximum Gasteiger partial charge on any atom is 0.336 e. The van der Waals surface area contributed by atoms with Gasteiger partial charge in [-0.1, -0.05) is 35.5 Å². The van der Waals surface area contributed by atoms with Gasteiger partial charge in [0.2, 0.25) is 0 Å². The minimum atomic E-state index is -0.421. The van der Waals surface area contributed by atoms with Gasteiger partial charge < -0.3 is 14.3 Å². The summed E-state index contributed by atoms with van der Waals surface area (Å²) in [7, 11) is 0. The molecule has 146 valence electrons. The average molecular weight is 397 g/mol. The number of amides is 1. The van der Waals surface area contributed by atoms with Crippen LogP contribution in [0.3, 0.4) is 0 Å². The summed E-state index contributed by atoms with van der Waals surface area (Å²) >= 11 is 0. The lowest BCUT2D eigenvalue weighted by molar-refractivity contribution is 0.102. The van der Waals surface area contributed by atoms with Crippen LogP contribution < -0.4 is 10.9 Å². The molecule has 7 nitrogen and oxygen atoms in total. The molecule has 0 aliphatic heterocycles. The second-order valence-electron chi connectivity index (χ2n) is 6.83. The molecule has 30 heavy (non-hydrogen) atoms. The molecule has 0 aliphatic carbocycles.